The second kappa shape index (κ2) is 8.12. The van der Waals surface area contributed by atoms with Crippen molar-refractivity contribution >= 4 is 5.97 Å². The van der Waals surface area contributed by atoms with Crippen molar-refractivity contribution in [3.63, 3.8) is 0 Å². The molecule has 3 rings (SSSR count). The maximum Gasteiger partial charge on any atom is 0.306 e. The molecule has 0 unspecified atom stereocenters. The highest BCUT2D eigenvalue weighted by Crippen LogP contribution is 2.25. The zero-order chi connectivity index (χ0) is 17.6. The first-order valence-electron chi connectivity index (χ1n) is 8.59. The molecule has 0 aromatic heterocycles. The molecule has 0 radical (unpaired) electrons. The third-order valence-electron chi connectivity index (χ3n) is 4.63. The number of hydrogen-bond acceptors (Lipinski definition) is 3. The second-order valence-corrected chi connectivity index (χ2v) is 6.47. The van der Waals surface area contributed by atoms with E-state index in [1.54, 1.807) is 12.1 Å². The van der Waals surface area contributed by atoms with Crippen LogP contribution in [0.3, 0.4) is 0 Å². The van der Waals surface area contributed by atoms with Gasteiger partial charge in [0.15, 0.2) is 0 Å². The lowest BCUT2D eigenvalue weighted by atomic mass is 9.86. The molecule has 0 bridgehead atoms. The van der Waals surface area contributed by atoms with Crippen LogP contribution in [0.1, 0.15) is 31.2 Å². The molecule has 132 valence electrons. The smallest absolute Gasteiger partial charge is 0.306 e. The van der Waals surface area contributed by atoms with Crippen LogP contribution in [0.2, 0.25) is 0 Å². The molecule has 2 N–H and O–H groups in total. The van der Waals surface area contributed by atoms with Gasteiger partial charge in [-0.1, -0.05) is 18.2 Å². The summed E-state index contributed by atoms with van der Waals surface area (Å²) in [6.07, 6.45) is 3.29. The molecule has 1 aliphatic rings. The second-order valence-electron chi connectivity index (χ2n) is 6.47. The van der Waals surface area contributed by atoms with E-state index in [1.165, 1.54) is 12.1 Å². The Morgan fingerprint density at radius 1 is 1.08 bits per heavy atom. The van der Waals surface area contributed by atoms with E-state index in [-0.39, 0.29) is 11.7 Å². The Labute approximate surface area is 146 Å². The first-order chi connectivity index (χ1) is 12.1. The van der Waals surface area contributed by atoms with E-state index in [9.17, 15) is 9.18 Å². The summed E-state index contributed by atoms with van der Waals surface area (Å²) in [6.45, 7) is 0.739. The van der Waals surface area contributed by atoms with Crippen LogP contribution in [-0.2, 0) is 11.3 Å². The zero-order valence-corrected chi connectivity index (χ0v) is 14.0. The molecule has 0 spiro atoms. The van der Waals surface area contributed by atoms with Gasteiger partial charge < -0.3 is 15.2 Å². The number of carboxylic acid groups (broad SMARTS) is 1. The van der Waals surface area contributed by atoms with Crippen LogP contribution in [0, 0.1) is 11.7 Å². The van der Waals surface area contributed by atoms with E-state index < -0.39 is 5.97 Å². The topological polar surface area (TPSA) is 58.6 Å². The molecule has 1 aliphatic carbocycles. The molecule has 1 fully saturated rings. The molecular weight excluding hydrogens is 321 g/mol. The largest absolute Gasteiger partial charge is 0.481 e. The van der Waals surface area contributed by atoms with Crippen LogP contribution >= 0.6 is 0 Å². The first-order valence-corrected chi connectivity index (χ1v) is 8.59. The zero-order valence-electron chi connectivity index (χ0n) is 14.0. The number of rotatable bonds is 6. The number of carboxylic acids is 1. The SMILES string of the molecule is O=C(O)C1CCC(NCc2ccc(Oc3cccc(F)c3)cc2)CC1. The Kier molecular flexibility index (Phi) is 5.66. The summed E-state index contributed by atoms with van der Waals surface area (Å²) in [5.74, 6) is -0.0436. The highest BCUT2D eigenvalue weighted by atomic mass is 19.1. The third-order valence-corrected chi connectivity index (χ3v) is 4.63. The highest BCUT2D eigenvalue weighted by molar-refractivity contribution is 5.70. The fraction of sp³-hybridized carbons (Fsp3) is 0.350. The van der Waals surface area contributed by atoms with Crippen molar-refractivity contribution in [2.24, 2.45) is 5.92 Å². The molecule has 4 nitrogen and oxygen atoms in total. The minimum absolute atomic E-state index is 0.183. The minimum Gasteiger partial charge on any atom is -0.481 e. The van der Waals surface area contributed by atoms with Crippen molar-refractivity contribution in [1.82, 2.24) is 5.32 Å². The van der Waals surface area contributed by atoms with Crippen molar-refractivity contribution in [3.05, 3.63) is 59.9 Å². The predicted octanol–water partition coefficient (Wildman–Crippen LogP) is 4.35. The molecular formula is C20H22FNO3. The third kappa shape index (κ3) is 5.03. The lowest BCUT2D eigenvalue weighted by Crippen LogP contribution is -2.34. The van der Waals surface area contributed by atoms with Crippen LogP contribution < -0.4 is 10.1 Å². The summed E-state index contributed by atoms with van der Waals surface area (Å²) in [5.41, 5.74) is 1.13. The standard InChI is InChI=1S/C20H22FNO3/c21-16-2-1-3-19(12-16)25-18-10-4-14(5-11-18)13-22-17-8-6-15(7-9-17)20(23)24/h1-5,10-12,15,17,22H,6-9,13H2,(H,23,24). The summed E-state index contributed by atoms with van der Waals surface area (Å²) < 4.78 is 18.8. The number of hydrogen-bond donors (Lipinski definition) is 2. The Bertz CT molecular complexity index is 709. The average Bonchev–Trinajstić information content (AvgIpc) is 2.61. The summed E-state index contributed by atoms with van der Waals surface area (Å²) >= 11 is 0. The predicted molar refractivity (Wildman–Crippen MR) is 93.1 cm³/mol. The molecule has 2 aromatic rings. The molecule has 5 heteroatoms. The maximum atomic E-state index is 13.2. The van der Waals surface area contributed by atoms with Gasteiger partial charge in [0.05, 0.1) is 5.92 Å². The fourth-order valence-electron chi connectivity index (χ4n) is 3.15. The maximum absolute atomic E-state index is 13.2. The van der Waals surface area contributed by atoms with E-state index in [2.05, 4.69) is 5.32 Å². The van der Waals surface area contributed by atoms with Gasteiger partial charge in [0.2, 0.25) is 0 Å². The summed E-state index contributed by atoms with van der Waals surface area (Å²) in [7, 11) is 0. The molecule has 25 heavy (non-hydrogen) atoms. The number of aliphatic carboxylic acids is 1. The number of ether oxygens (including phenoxy) is 1. The van der Waals surface area contributed by atoms with Crippen molar-refractivity contribution in [3.8, 4) is 11.5 Å². The van der Waals surface area contributed by atoms with Crippen molar-refractivity contribution in [2.75, 3.05) is 0 Å². The number of halogens is 1. The van der Waals surface area contributed by atoms with Gasteiger partial charge in [-0.15, -0.1) is 0 Å². The van der Waals surface area contributed by atoms with Crippen molar-refractivity contribution in [2.45, 2.75) is 38.3 Å². The van der Waals surface area contributed by atoms with Gasteiger partial charge in [-0.2, -0.15) is 0 Å². The molecule has 0 aliphatic heterocycles. The van der Waals surface area contributed by atoms with E-state index >= 15 is 0 Å². The lowest BCUT2D eigenvalue weighted by Gasteiger charge is -2.27. The monoisotopic (exact) mass is 343 g/mol. The van der Waals surface area contributed by atoms with Gasteiger partial charge in [-0.3, -0.25) is 4.79 Å². The van der Waals surface area contributed by atoms with E-state index in [0.29, 0.717) is 17.5 Å². The number of nitrogens with one attached hydrogen (secondary N) is 1. The lowest BCUT2D eigenvalue weighted by molar-refractivity contribution is -0.142. The molecule has 0 saturated heterocycles. The van der Waals surface area contributed by atoms with E-state index in [4.69, 9.17) is 9.84 Å². The van der Waals surface area contributed by atoms with Crippen LogP contribution in [0.4, 0.5) is 4.39 Å². The van der Waals surface area contributed by atoms with Gasteiger partial charge in [0.25, 0.3) is 0 Å². The highest BCUT2D eigenvalue weighted by Gasteiger charge is 2.25. The quantitative estimate of drug-likeness (QED) is 0.819. The van der Waals surface area contributed by atoms with E-state index in [1.807, 2.05) is 24.3 Å². The molecule has 0 heterocycles. The molecule has 0 amide bonds. The summed E-state index contributed by atoms with van der Waals surface area (Å²) in [4.78, 5) is 11.0. The Hall–Kier alpha value is -2.40. The number of carbonyl (C=O) groups is 1. The van der Waals surface area contributed by atoms with Crippen LogP contribution in [0.5, 0.6) is 11.5 Å². The van der Waals surface area contributed by atoms with Crippen molar-refractivity contribution < 1.29 is 19.0 Å². The minimum atomic E-state index is -0.674. The van der Waals surface area contributed by atoms with Gasteiger partial charge in [0, 0.05) is 18.7 Å². The molecule has 2 aromatic carbocycles. The van der Waals surface area contributed by atoms with E-state index in [0.717, 1.165) is 37.8 Å². The fourth-order valence-corrected chi connectivity index (χ4v) is 3.15. The van der Waals surface area contributed by atoms with Crippen molar-refractivity contribution in [1.29, 1.82) is 0 Å². The van der Waals surface area contributed by atoms with Crippen LogP contribution in [-0.4, -0.2) is 17.1 Å². The van der Waals surface area contributed by atoms with Gasteiger partial charge >= 0.3 is 5.97 Å². The van der Waals surface area contributed by atoms with Gasteiger partial charge in [-0.05, 0) is 55.5 Å². The Morgan fingerprint density at radius 3 is 2.44 bits per heavy atom. The average molecular weight is 343 g/mol. The Morgan fingerprint density at radius 2 is 1.80 bits per heavy atom. The normalized spacial score (nSPS) is 20.2. The number of benzene rings is 2. The van der Waals surface area contributed by atoms with Gasteiger partial charge in [0.1, 0.15) is 17.3 Å². The summed E-state index contributed by atoms with van der Waals surface area (Å²) in [5, 5.41) is 12.5. The Balaban J connectivity index is 1.47. The van der Waals surface area contributed by atoms with Crippen LogP contribution in [0.15, 0.2) is 48.5 Å². The first kappa shape index (κ1) is 17.4. The van der Waals surface area contributed by atoms with Crippen LogP contribution in [0.25, 0.3) is 0 Å². The summed E-state index contributed by atoms with van der Waals surface area (Å²) in [6, 6.07) is 14.1. The molecule has 0 atom stereocenters. The van der Waals surface area contributed by atoms with Gasteiger partial charge in [-0.25, -0.2) is 4.39 Å². The molecule has 1 saturated carbocycles.